The van der Waals surface area contributed by atoms with Gasteiger partial charge >= 0.3 is 42.1 Å². The molecule has 0 rings (SSSR count). The zero-order valence-corrected chi connectivity index (χ0v) is 6.80. The molecular formula is HCl3NO2Ru. The molecule has 7 heteroatoms. The third-order valence-corrected chi connectivity index (χ3v) is 0. The molecule has 0 radical (unpaired) electrons. The number of halogens is 3. The molecule has 0 aliphatic carbocycles. The summed E-state index contributed by atoms with van der Waals surface area (Å²) in [6.45, 7) is 0. The van der Waals surface area contributed by atoms with Crippen molar-refractivity contribution in [2.45, 2.75) is 0 Å². The topological polar surface area (TPSA) is 49.7 Å². The van der Waals surface area contributed by atoms with Crippen molar-refractivity contribution in [1.82, 2.24) is 0 Å². The third kappa shape index (κ3) is 207. The Bertz CT molecular complexity index is 37.2. The third-order valence-electron chi connectivity index (χ3n) is 0. The van der Waals surface area contributed by atoms with Crippen molar-refractivity contribution in [2.24, 2.45) is 5.34 Å². The molecule has 0 fully saturated rings. The maximum atomic E-state index is 8.11. The van der Waals surface area contributed by atoms with Crippen molar-refractivity contribution in [3.63, 3.8) is 0 Å². The molecule has 0 amide bonds. The van der Waals surface area contributed by atoms with Crippen LogP contribution < -0.4 is 0 Å². The normalized spacial score (nSPS) is 8.14. The molecule has 0 aliphatic heterocycles. The van der Waals surface area contributed by atoms with Gasteiger partial charge < -0.3 is 5.21 Å². The Kier molecular flexibility index (Phi) is 15.4. The predicted molar refractivity (Wildman–Crippen MR) is 25.1 cm³/mol. The van der Waals surface area contributed by atoms with Gasteiger partial charge in [-0.05, 0) is 0 Å². The Morgan fingerprint density at radius 2 is 1.43 bits per heavy atom. The van der Waals surface area contributed by atoms with Crippen molar-refractivity contribution in [3.8, 4) is 0 Å². The average molecular weight is 254 g/mol. The Morgan fingerprint density at radius 1 is 1.43 bits per heavy atom. The van der Waals surface area contributed by atoms with Gasteiger partial charge in [0.05, 0.1) is 0 Å². The van der Waals surface area contributed by atoms with Crippen LogP contribution in [-0.2, 0) is 13.0 Å². The maximum absolute atomic E-state index is 8.11. The molecule has 0 aromatic carbocycles. The summed E-state index contributed by atoms with van der Waals surface area (Å²) in [5.41, 5.74) is 0. The van der Waals surface area contributed by atoms with Gasteiger partial charge in [-0.1, -0.05) is 0 Å². The fourth-order valence-corrected chi connectivity index (χ4v) is 0. The van der Waals surface area contributed by atoms with E-state index in [-0.39, 0.29) is 0 Å². The summed E-state index contributed by atoms with van der Waals surface area (Å²) in [6.07, 6.45) is 0. The molecule has 0 unspecified atom stereocenters. The Hall–Kier alpha value is 0.893. The molecule has 7 heavy (non-hydrogen) atoms. The van der Waals surface area contributed by atoms with E-state index in [9.17, 15) is 0 Å². The zero-order chi connectivity index (χ0) is 6.28. The molecule has 47 valence electrons. The van der Waals surface area contributed by atoms with Crippen LogP contribution in [0.25, 0.3) is 0 Å². The van der Waals surface area contributed by atoms with E-state index in [0.29, 0.717) is 0 Å². The van der Waals surface area contributed by atoms with Gasteiger partial charge in [-0.3, -0.25) is 0 Å². The summed E-state index contributed by atoms with van der Waals surface area (Å²) < 4.78 is 0. The second kappa shape index (κ2) is 10.00. The molecule has 3 nitrogen and oxygen atoms in total. The van der Waals surface area contributed by atoms with E-state index < -0.39 is 13.0 Å². The first-order chi connectivity index (χ1) is 3.15. The van der Waals surface area contributed by atoms with Crippen LogP contribution in [0.3, 0.4) is 0 Å². The van der Waals surface area contributed by atoms with E-state index in [1.165, 1.54) is 5.34 Å². The standard InChI is InChI=1S/3ClH.HNO2.Ru/c;;;2-1-3;/h3*1H;(H,2,3);/q;;;;+3/p-3. The van der Waals surface area contributed by atoms with Crippen LogP contribution in [0.1, 0.15) is 0 Å². The number of nitrogens with zero attached hydrogens (tertiary/aromatic N) is 1. The molecule has 0 saturated carbocycles. The van der Waals surface area contributed by atoms with E-state index >= 15 is 0 Å². The van der Waals surface area contributed by atoms with E-state index in [2.05, 4.69) is 0 Å². The van der Waals surface area contributed by atoms with Crippen LogP contribution in [0.5, 0.6) is 0 Å². The molecule has 0 saturated heterocycles. The molecule has 0 heterocycles. The van der Waals surface area contributed by atoms with Gasteiger partial charge in [-0.2, -0.15) is 0 Å². The van der Waals surface area contributed by atoms with Crippen LogP contribution in [0.15, 0.2) is 5.34 Å². The number of rotatable bonds is 0. The van der Waals surface area contributed by atoms with Crippen molar-refractivity contribution in [3.05, 3.63) is 4.91 Å². The molecule has 1 N–H and O–H groups in total. The predicted octanol–water partition coefficient (Wildman–Crippen LogP) is 2.21. The van der Waals surface area contributed by atoms with Gasteiger partial charge in [0.1, 0.15) is 0 Å². The summed E-state index contributed by atoms with van der Waals surface area (Å²) in [6, 6.07) is 0. The van der Waals surface area contributed by atoms with Gasteiger partial charge in [0.2, 0.25) is 0 Å². The molecular weight excluding hydrogens is 253 g/mol. The van der Waals surface area contributed by atoms with Crippen LogP contribution in [-0.4, -0.2) is 5.21 Å². The van der Waals surface area contributed by atoms with Gasteiger partial charge in [-0.15, -0.1) is 4.91 Å². The van der Waals surface area contributed by atoms with E-state index in [1.54, 1.807) is 0 Å². The van der Waals surface area contributed by atoms with Crippen LogP contribution in [0.4, 0.5) is 0 Å². The fourth-order valence-electron chi connectivity index (χ4n) is 0. The first-order valence-electron chi connectivity index (χ1n) is 0.783. The molecule has 0 bridgehead atoms. The van der Waals surface area contributed by atoms with Gasteiger partial charge in [0, 0.05) is 0 Å². The first-order valence-corrected chi connectivity index (χ1v) is 7.50. The van der Waals surface area contributed by atoms with Crippen LogP contribution >= 0.6 is 29.1 Å². The van der Waals surface area contributed by atoms with Crippen LogP contribution in [0, 0.1) is 4.91 Å². The van der Waals surface area contributed by atoms with Gasteiger partial charge in [0.15, 0.2) is 5.34 Å². The van der Waals surface area contributed by atoms with E-state index in [0.717, 1.165) is 0 Å². The Morgan fingerprint density at radius 3 is 1.43 bits per heavy atom. The second-order valence-corrected chi connectivity index (χ2v) is 8.15. The molecule has 0 atom stereocenters. The first kappa shape index (κ1) is 10.8. The van der Waals surface area contributed by atoms with E-state index in [1.807, 2.05) is 0 Å². The summed E-state index contributed by atoms with van der Waals surface area (Å²) in [7, 11) is 14.8. The molecule has 0 spiro atoms. The van der Waals surface area contributed by atoms with Crippen LogP contribution in [0.2, 0.25) is 0 Å². The van der Waals surface area contributed by atoms with Gasteiger partial charge in [-0.25, -0.2) is 0 Å². The van der Waals surface area contributed by atoms with Crippen molar-refractivity contribution in [2.75, 3.05) is 0 Å². The summed E-state index contributed by atoms with van der Waals surface area (Å²) in [5.74, 6) is 0. The van der Waals surface area contributed by atoms with Crippen molar-refractivity contribution in [1.29, 1.82) is 0 Å². The summed E-state index contributed by atoms with van der Waals surface area (Å²) in [4.78, 5) is 8.11. The quantitative estimate of drug-likeness (QED) is 0.409. The zero-order valence-electron chi connectivity index (χ0n) is 2.79. The summed E-state index contributed by atoms with van der Waals surface area (Å²) >= 11 is -1.75. The van der Waals surface area contributed by atoms with Crippen molar-refractivity contribution < 1.29 is 18.2 Å². The van der Waals surface area contributed by atoms with Gasteiger partial charge in [0.25, 0.3) is 0 Å². The molecule has 0 aromatic heterocycles. The minimum atomic E-state index is -1.75. The summed E-state index contributed by atoms with van der Waals surface area (Å²) in [5, 5.41) is 7.89. The Balaban J connectivity index is 0. The molecule has 0 aliphatic rings. The number of hydrogen-bond donors (Lipinski definition) is 1. The SMILES string of the molecule is O=NO.[Cl][Ru]([Cl])[Cl]. The molecule has 0 aromatic rings. The fraction of sp³-hybridized carbons (Fsp3) is 0. The second-order valence-electron chi connectivity index (χ2n) is 0.233. The number of hydrogen-bond acceptors (Lipinski definition) is 2. The van der Waals surface area contributed by atoms with Crippen molar-refractivity contribution >= 4 is 29.1 Å². The van der Waals surface area contributed by atoms with E-state index in [4.69, 9.17) is 39.2 Å². The average Bonchev–Trinajstić information content (AvgIpc) is 1.33. The monoisotopic (exact) mass is 254 g/mol. The minimum absolute atomic E-state index is 1.25. The Labute approximate surface area is 57.5 Å².